The predicted octanol–water partition coefficient (Wildman–Crippen LogP) is 1.09. The van der Waals surface area contributed by atoms with Crippen LogP contribution in [0.3, 0.4) is 0 Å². The molecule has 19 heavy (non-hydrogen) atoms. The summed E-state index contributed by atoms with van der Waals surface area (Å²) in [5.74, 6) is 2.82. The molecule has 0 aliphatic carbocycles. The number of anilines is 1. The summed E-state index contributed by atoms with van der Waals surface area (Å²) in [4.78, 5) is 11.5. The van der Waals surface area contributed by atoms with Crippen LogP contribution in [0.15, 0.2) is 6.07 Å². The maximum absolute atomic E-state index is 5.38. The molecule has 0 aromatic carbocycles. The Morgan fingerprint density at radius 1 is 1.16 bits per heavy atom. The highest BCUT2D eigenvalue weighted by atomic mass is 16.5. The molecule has 3 heterocycles. The summed E-state index contributed by atoms with van der Waals surface area (Å²) in [7, 11) is 0. The van der Waals surface area contributed by atoms with E-state index in [2.05, 4.69) is 28.8 Å². The van der Waals surface area contributed by atoms with E-state index in [0.717, 1.165) is 62.3 Å². The molecule has 3 rings (SSSR count). The van der Waals surface area contributed by atoms with E-state index in [9.17, 15) is 0 Å². The van der Waals surface area contributed by atoms with Crippen LogP contribution in [0.2, 0.25) is 0 Å². The maximum atomic E-state index is 5.38. The van der Waals surface area contributed by atoms with E-state index in [-0.39, 0.29) is 0 Å². The molecule has 1 saturated heterocycles. The lowest BCUT2D eigenvalue weighted by Gasteiger charge is -2.28. The van der Waals surface area contributed by atoms with Crippen LogP contribution >= 0.6 is 0 Å². The number of fused-ring (bicyclic) bond motifs is 1. The van der Waals surface area contributed by atoms with Gasteiger partial charge in [-0.3, -0.25) is 0 Å². The molecule has 1 aliphatic rings. The van der Waals surface area contributed by atoms with Crippen LogP contribution in [-0.2, 0) is 17.6 Å². The first-order chi connectivity index (χ1) is 9.31. The monoisotopic (exact) mass is 261 g/mol. The normalized spacial score (nSPS) is 16.2. The average molecular weight is 261 g/mol. The summed E-state index contributed by atoms with van der Waals surface area (Å²) in [6.07, 6.45) is 1.69. The second-order valence-electron chi connectivity index (χ2n) is 4.64. The molecule has 6 nitrogen and oxygen atoms in total. The highest BCUT2D eigenvalue weighted by molar-refractivity contribution is 5.52. The van der Waals surface area contributed by atoms with Gasteiger partial charge in [-0.05, 0) is 0 Å². The van der Waals surface area contributed by atoms with Gasteiger partial charge in [0.05, 0.1) is 13.2 Å². The van der Waals surface area contributed by atoms with Crippen LogP contribution in [0, 0.1) is 0 Å². The molecule has 0 saturated carbocycles. The molecule has 0 unspecified atom stereocenters. The fourth-order valence-corrected chi connectivity index (χ4v) is 2.31. The predicted molar refractivity (Wildman–Crippen MR) is 72.6 cm³/mol. The molecule has 1 fully saturated rings. The van der Waals surface area contributed by atoms with E-state index in [1.807, 2.05) is 10.6 Å². The Kier molecular flexibility index (Phi) is 3.33. The van der Waals surface area contributed by atoms with Crippen LogP contribution in [0.4, 0.5) is 5.82 Å². The molecule has 0 amide bonds. The molecule has 1 aliphatic heterocycles. The maximum Gasteiger partial charge on any atom is 0.161 e. The van der Waals surface area contributed by atoms with Gasteiger partial charge in [-0.2, -0.15) is 4.52 Å². The zero-order valence-corrected chi connectivity index (χ0v) is 11.5. The van der Waals surface area contributed by atoms with Crippen LogP contribution in [0.1, 0.15) is 25.5 Å². The van der Waals surface area contributed by atoms with Crippen molar-refractivity contribution >= 4 is 11.5 Å². The topological polar surface area (TPSA) is 55.5 Å². The van der Waals surface area contributed by atoms with Gasteiger partial charge in [0.15, 0.2) is 11.5 Å². The quantitative estimate of drug-likeness (QED) is 0.827. The minimum atomic E-state index is 0.765. The van der Waals surface area contributed by atoms with Crippen molar-refractivity contribution in [3.8, 4) is 0 Å². The van der Waals surface area contributed by atoms with Crippen molar-refractivity contribution in [2.75, 3.05) is 31.2 Å². The van der Waals surface area contributed by atoms with E-state index in [1.165, 1.54) is 0 Å². The van der Waals surface area contributed by atoms with Crippen molar-refractivity contribution in [3.05, 3.63) is 17.7 Å². The third-order valence-corrected chi connectivity index (χ3v) is 3.39. The van der Waals surface area contributed by atoms with E-state index in [4.69, 9.17) is 9.72 Å². The van der Waals surface area contributed by atoms with Crippen LogP contribution in [0.5, 0.6) is 0 Å². The summed E-state index contributed by atoms with van der Waals surface area (Å²) in [5, 5.41) is 4.49. The molecule has 0 atom stereocenters. The number of aromatic nitrogens is 4. The van der Waals surface area contributed by atoms with E-state index in [1.54, 1.807) is 0 Å². The highest BCUT2D eigenvalue weighted by Crippen LogP contribution is 2.17. The molecule has 0 N–H and O–H groups in total. The standard InChI is InChI=1S/C13H19N5O/c1-3-10-14-13-9-12(17-5-7-19-8-6-17)15-11(4-2)18(13)16-10/h9H,3-8H2,1-2H3. The Balaban J connectivity index is 2.05. The van der Waals surface area contributed by atoms with Gasteiger partial charge in [-0.1, -0.05) is 13.8 Å². The summed E-state index contributed by atoms with van der Waals surface area (Å²) in [5.41, 5.74) is 0.894. The second kappa shape index (κ2) is 5.13. The number of rotatable bonds is 3. The van der Waals surface area contributed by atoms with E-state index < -0.39 is 0 Å². The number of aryl methyl sites for hydroxylation is 2. The number of hydrogen-bond donors (Lipinski definition) is 0. The van der Waals surface area contributed by atoms with Crippen molar-refractivity contribution in [2.24, 2.45) is 0 Å². The third-order valence-electron chi connectivity index (χ3n) is 3.39. The molecule has 102 valence electrons. The second-order valence-corrected chi connectivity index (χ2v) is 4.64. The number of ether oxygens (including phenoxy) is 1. The first-order valence-electron chi connectivity index (χ1n) is 6.90. The van der Waals surface area contributed by atoms with Crippen LogP contribution in [0.25, 0.3) is 5.65 Å². The van der Waals surface area contributed by atoms with Crippen LogP contribution in [-0.4, -0.2) is 45.9 Å². The SMILES string of the molecule is CCc1nc2cc(N3CCOCC3)nc(CC)n2n1. The molecular weight excluding hydrogens is 242 g/mol. The first kappa shape index (κ1) is 12.3. The van der Waals surface area contributed by atoms with Crippen molar-refractivity contribution < 1.29 is 4.74 Å². The Bertz CT molecular complexity index is 574. The molecule has 2 aromatic heterocycles. The Morgan fingerprint density at radius 3 is 2.63 bits per heavy atom. The fraction of sp³-hybridized carbons (Fsp3) is 0.615. The van der Waals surface area contributed by atoms with Gasteiger partial charge in [0.1, 0.15) is 11.6 Å². The van der Waals surface area contributed by atoms with Crippen molar-refractivity contribution in [3.63, 3.8) is 0 Å². The average Bonchev–Trinajstić information content (AvgIpc) is 2.90. The Morgan fingerprint density at radius 2 is 1.95 bits per heavy atom. The fourth-order valence-electron chi connectivity index (χ4n) is 2.31. The van der Waals surface area contributed by atoms with Gasteiger partial charge in [-0.25, -0.2) is 9.97 Å². The number of morpholine rings is 1. The number of nitrogens with zero attached hydrogens (tertiary/aromatic N) is 5. The van der Waals surface area contributed by atoms with Gasteiger partial charge in [0.25, 0.3) is 0 Å². The Hall–Kier alpha value is -1.69. The summed E-state index contributed by atoms with van der Waals surface area (Å²) in [6, 6.07) is 2.02. The highest BCUT2D eigenvalue weighted by Gasteiger charge is 2.16. The zero-order valence-electron chi connectivity index (χ0n) is 11.5. The largest absolute Gasteiger partial charge is 0.378 e. The van der Waals surface area contributed by atoms with Gasteiger partial charge < -0.3 is 9.64 Å². The molecule has 6 heteroatoms. The minimum absolute atomic E-state index is 0.765. The summed E-state index contributed by atoms with van der Waals surface area (Å²) < 4.78 is 7.25. The van der Waals surface area contributed by atoms with Crippen LogP contribution < -0.4 is 4.90 Å². The zero-order chi connectivity index (χ0) is 13.2. The van der Waals surface area contributed by atoms with Crippen molar-refractivity contribution in [1.82, 2.24) is 19.6 Å². The van der Waals surface area contributed by atoms with Crippen molar-refractivity contribution in [2.45, 2.75) is 26.7 Å². The van der Waals surface area contributed by atoms with Crippen molar-refractivity contribution in [1.29, 1.82) is 0 Å². The smallest absolute Gasteiger partial charge is 0.161 e. The lowest BCUT2D eigenvalue weighted by Crippen LogP contribution is -2.37. The molecule has 0 radical (unpaired) electrons. The molecule has 2 aromatic rings. The molecule has 0 bridgehead atoms. The third kappa shape index (κ3) is 2.28. The Labute approximate surface area is 112 Å². The minimum Gasteiger partial charge on any atom is -0.378 e. The number of hydrogen-bond acceptors (Lipinski definition) is 5. The van der Waals surface area contributed by atoms with Gasteiger partial charge in [0.2, 0.25) is 0 Å². The van der Waals surface area contributed by atoms with Gasteiger partial charge >= 0.3 is 0 Å². The molecular formula is C13H19N5O. The van der Waals surface area contributed by atoms with E-state index >= 15 is 0 Å². The van der Waals surface area contributed by atoms with Gasteiger partial charge in [0, 0.05) is 32.0 Å². The first-order valence-corrected chi connectivity index (χ1v) is 6.90. The van der Waals surface area contributed by atoms with Gasteiger partial charge in [-0.15, -0.1) is 5.10 Å². The summed E-state index contributed by atoms with van der Waals surface area (Å²) in [6.45, 7) is 7.47. The van der Waals surface area contributed by atoms with E-state index in [0.29, 0.717) is 0 Å². The molecule has 0 spiro atoms. The lowest BCUT2D eigenvalue weighted by molar-refractivity contribution is 0.122. The summed E-state index contributed by atoms with van der Waals surface area (Å²) >= 11 is 0. The lowest BCUT2D eigenvalue weighted by atomic mass is 10.3.